The van der Waals surface area contributed by atoms with E-state index in [0.717, 1.165) is 29.7 Å². The van der Waals surface area contributed by atoms with Crippen LogP contribution < -0.4 is 5.32 Å². The third kappa shape index (κ3) is 3.75. The highest BCUT2D eigenvalue weighted by Crippen LogP contribution is 2.22. The number of rotatable bonds is 6. The number of furan rings is 1. The van der Waals surface area contributed by atoms with Crippen molar-refractivity contribution in [2.24, 2.45) is 0 Å². The Labute approximate surface area is 129 Å². The van der Waals surface area contributed by atoms with E-state index in [1.54, 1.807) is 6.07 Å². The van der Waals surface area contributed by atoms with Crippen LogP contribution in [0, 0.1) is 0 Å². The van der Waals surface area contributed by atoms with Gasteiger partial charge in [-0.05, 0) is 36.1 Å². The summed E-state index contributed by atoms with van der Waals surface area (Å²) in [7, 11) is 0. The number of benzene rings is 1. The van der Waals surface area contributed by atoms with Gasteiger partial charge in [0.05, 0.1) is 6.26 Å². The third-order valence-corrected chi connectivity index (χ3v) is 3.32. The fourth-order valence-corrected chi connectivity index (χ4v) is 2.18. The maximum absolute atomic E-state index is 12.0. The van der Waals surface area contributed by atoms with E-state index in [-0.39, 0.29) is 18.3 Å². The van der Waals surface area contributed by atoms with E-state index in [9.17, 15) is 9.59 Å². The van der Waals surface area contributed by atoms with Crippen molar-refractivity contribution in [2.75, 3.05) is 11.9 Å². The largest absolute Gasteiger partial charge is 0.457 e. The highest BCUT2D eigenvalue weighted by molar-refractivity contribution is 5.95. The van der Waals surface area contributed by atoms with Crippen LogP contribution in [-0.2, 0) is 22.4 Å². The molecule has 1 heterocycles. The van der Waals surface area contributed by atoms with E-state index in [2.05, 4.69) is 5.32 Å². The van der Waals surface area contributed by atoms with Crippen LogP contribution in [0.1, 0.15) is 35.5 Å². The molecule has 0 aliphatic heterocycles. The van der Waals surface area contributed by atoms with Crippen molar-refractivity contribution in [3.05, 3.63) is 53.5 Å². The molecule has 1 N–H and O–H groups in total. The molecule has 0 aliphatic rings. The fraction of sp³-hybridized carbons (Fsp3) is 0.294. The smallest absolute Gasteiger partial charge is 0.374 e. The molecule has 0 spiro atoms. The average Bonchev–Trinajstić information content (AvgIpc) is 3.07. The van der Waals surface area contributed by atoms with Gasteiger partial charge in [-0.15, -0.1) is 0 Å². The summed E-state index contributed by atoms with van der Waals surface area (Å²) in [5.74, 6) is -0.939. The summed E-state index contributed by atoms with van der Waals surface area (Å²) in [5, 5.41) is 2.83. The number of hydrogen-bond acceptors (Lipinski definition) is 4. The molecule has 22 heavy (non-hydrogen) atoms. The lowest BCUT2D eigenvalue weighted by atomic mass is 10.0. The summed E-state index contributed by atoms with van der Waals surface area (Å²) in [5.41, 5.74) is 2.93. The Morgan fingerprint density at radius 1 is 1.09 bits per heavy atom. The van der Waals surface area contributed by atoms with Gasteiger partial charge in [0.25, 0.3) is 5.91 Å². The van der Waals surface area contributed by atoms with Crippen molar-refractivity contribution in [3.63, 3.8) is 0 Å². The van der Waals surface area contributed by atoms with E-state index in [4.69, 9.17) is 9.15 Å². The second-order valence-corrected chi connectivity index (χ2v) is 4.76. The van der Waals surface area contributed by atoms with Crippen LogP contribution >= 0.6 is 0 Å². The summed E-state index contributed by atoms with van der Waals surface area (Å²) in [4.78, 5) is 23.6. The molecule has 2 rings (SSSR count). The van der Waals surface area contributed by atoms with Crippen LogP contribution in [0.25, 0.3) is 0 Å². The summed E-state index contributed by atoms with van der Waals surface area (Å²) >= 11 is 0. The number of para-hydroxylation sites is 1. The van der Waals surface area contributed by atoms with Crippen molar-refractivity contribution in [1.29, 1.82) is 0 Å². The van der Waals surface area contributed by atoms with Gasteiger partial charge in [-0.1, -0.05) is 32.0 Å². The van der Waals surface area contributed by atoms with Crippen LogP contribution in [0.2, 0.25) is 0 Å². The summed E-state index contributed by atoms with van der Waals surface area (Å²) in [6, 6.07) is 9.00. The molecule has 5 heteroatoms. The molecule has 1 aromatic heterocycles. The fourth-order valence-electron chi connectivity index (χ4n) is 2.18. The lowest BCUT2D eigenvalue weighted by Gasteiger charge is -2.14. The SMILES string of the molecule is CCc1cccc(CC)c1NC(=O)COC(=O)c1ccco1. The maximum Gasteiger partial charge on any atom is 0.374 e. The normalized spacial score (nSPS) is 10.3. The Morgan fingerprint density at radius 3 is 2.32 bits per heavy atom. The monoisotopic (exact) mass is 301 g/mol. The second-order valence-electron chi connectivity index (χ2n) is 4.76. The van der Waals surface area contributed by atoms with Gasteiger partial charge in [0.15, 0.2) is 6.61 Å². The molecule has 0 fully saturated rings. The van der Waals surface area contributed by atoms with Crippen LogP contribution in [0.15, 0.2) is 41.0 Å². The van der Waals surface area contributed by atoms with E-state index in [0.29, 0.717) is 0 Å². The minimum atomic E-state index is -0.653. The van der Waals surface area contributed by atoms with Crippen molar-refractivity contribution in [3.8, 4) is 0 Å². The molecule has 0 bridgehead atoms. The molecule has 0 saturated heterocycles. The van der Waals surface area contributed by atoms with Crippen molar-refractivity contribution >= 4 is 17.6 Å². The zero-order valence-corrected chi connectivity index (χ0v) is 12.7. The van der Waals surface area contributed by atoms with E-state index in [1.807, 2.05) is 32.0 Å². The zero-order valence-electron chi connectivity index (χ0n) is 12.7. The summed E-state index contributed by atoms with van der Waals surface area (Å²) in [6.45, 7) is 3.71. The molecule has 1 aromatic carbocycles. The van der Waals surface area contributed by atoms with Gasteiger partial charge in [-0.2, -0.15) is 0 Å². The van der Waals surface area contributed by atoms with E-state index < -0.39 is 5.97 Å². The number of carbonyl (C=O) groups is 2. The minimum absolute atomic E-state index is 0.0796. The predicted molar refractivity (Wildman–Crippen MR) is 82.8 cm³/mol. The molecule has 116 valence electrons. The molecule has 5 nitrogen and oxygen atoms in total. The van der Waals surface area contributed by atoms with Crippen LogP contribution in [-0.4, -0.2) is 18.5 Å². The van der Waals surface area contributed by atoms with Gasteiger partial charge < -0.3 is 14.5 Å². The number of ether oxygens (including phenoxy) is 1. The number of hydrogen-bond donors (Lipinski definition) is 1. The van der Waals surface area contributed by atoms with Gasteiger partial charge in [0.2, 0.25) is 5.76 Å². The number of amides is 1. The molecular weight excluding hydrogens is 282 g/mol. The predicted octanol–water partition coefficient (Wildman–Crippen LogP) is 3.20. The molecule has 2 aromatic rings. The van der Waals surface area contributed by atoms with Crippen molar-refractivity contribution in [1.82, 2.24) is 0 Å². The third-order valence-electron chi connectivity index (χ3n) is 3.32. The molecule has 0 aliphatic carbocycles. The van der Waals surface area contributed by atoms with Crippen molar-refractivity contribution in [2.45, 2.75) is 26.7 Å². The Bertz CT molecular complexity index is 624. The molecular formula is C17H19NO4. The quantitative estimate of drug-likeness (QED) is 0.832. The first-order valence-electron chi connectivity index (χ1n) is 7.27. The zero-order chi connectivity index (χ0) is 15.9. The lowest BCUT2D eigenvalue weighted by Crippen LogP contribution is -2.22. The first-order valence-corrected chi connectivity index (χ1v) is 7.27. The maximum atomic E-state index is 12.0. The second kappa shape index (κ2) is 7.45. The Hall–Kier alpha value is -2.56. The highest BCUT2D eigenvalue weighted by atomic mass is 16.5. The molecule has 0 saturated carbocycles. The molecule has 0 unspecified atom stereocenters. The topological polar surface area (TPSA) is 68.5 Å². The first-order chi connectivity index (χ1) is 10.7. The number of nitrogens with one attached hydrogen (secondary N) is 1. The number of anilines is 1. The average molecular weight is 301 g/mol. The van der Waals surface area contributed by atoms with Crippen LogP contribution in [0.5, 0.6) is 0 Å². The Kier molecular flexibility index (Phi) is 5.36. The van der Waals surface area contributed by atoms with Gasteiger partial charge in [0.1, 0.15) is 0 Å². The van der Waals surface area contributed by atoms with Crippen LogP contribution in [0.3, 0.4) is 0 Å². The molecule has 0 radical (unpaired) electrons. The van der Waals surface area contributed by atoms with E-state index >= 15 is 0 Å². The Morgan fingerprint density at radius 2 is 1.77 bits per heavy atom. The van der Waals surface area contributed by atoms with Gasteiger partial charge in [-0.3, -0.25) is 4.79 Å². The first kappa shape index (κ1) is 15.8. The number of esters is 1. The molecule has 1 amide bonds. The van der Waals surface area contributed by atoms with Gasteiger partial charge >= 0.3 is 5.97 Å². The van der Waals surface area contributed by atoms with Crippen LogP contribution in [0.4, 0.5) is 5.69 Å². The van der Waals surface area contributed by atoms with E-state index in [1.165, 1.54) is 12.3 Å². The van der Waals surface area contributed by atoms with Crippen molar-refractivity contribution < 1.29 is 18.7 Å². The van der Waals surface area contributed by atoms with Gasteiger partial charge in [0, 0.05) is 5.69 Å². The number of aryl methyl sites for hydroxylation is 2. The number of carbonyl (C=O) groups excluding carboxylic acids is 2. The summed E-state index contributed by atoms with van der Waals surface area (Å²) < 4.78 is 9.84. The summed E-state index contributed by atoms with van der Waals surface area (Å²) in [6.07, 6.45) is 3.01. The standard InChI is InChI=1S/C17H19NO4/c1-3-12-7-5-8-13(4-2)16(12)18-15(19)11-22-17(20)14-9-6-10-21-14/h5-10H,3-4,11H2,1-2H3,(H,18,19). The Balaban J connectivity index is 1.99. The lowest BCUT2D eigenvalue weighted by molar-refractivity contribution is -0.119. The molecule has 0 atom stereocenters. The highest BCUT2D eigenvalue weighted by Gasteiger charge is 2.14. The minimum Gasteiger partial charge on any atom is -0.457 e. The van der Waals surface area contributed by atoms with Gasteiger partial charge in [-0.25, -0.2) is 4.79 Å².